The summed E-state index contributed by atoms with van der Waals surface area (Å²) >= 11 is 1.34. The van der Waals surface area contributed by atoms with Gasteiger partial charge in [-0.2, -0.15) is 0 Å². The van der Waals surface area contributed by atoms with Gasteiger partial charge in [-0.25, -0.2) is 0 Å². The molecular formula is C14H17N3O2S. The number of aryl methyl sites for hydroxylation is 2. The summed E-state index contributed by atoms with van der Waals surface area (Å²) < 4.78 is 2.01. The first kappa shape index (κ1) is 14.3. The molecule has 1 atom stereocenters. The number of carbonyl (C=O) groups excluding carboxylic acids is 2. The maximum absolute atomic E-state index is 12.2. The van der Waals surface area contributed by atoms with Crippen molar-refractivity contribution in [3.63, 3.8) is 0 Å². The largest absolute Gasteiger partial charge is 0.368 e. The van der Waals surface area contributed by atoms with Gasteiger partial charge in [0.1, 0.15) is 10.9 Å². The van der Waals surface area contributed by atoms with Crippen molar-refractivity contribution < 1.29 is 9.59 Å². The van der Waals surface area contributed by atoms with Crippen LogP contribution in [0.3, 0.4) is 0 Å². The standard InChI is InChI=1S/C14H17N3O2S/c1-8-4-5-9(2)17(8)11-6-7-20-12(11)14(19)16-10(3)13(15)18/h4-7,10H,1-3H3,(H2,15,18)(H,16,19)/t10-/m1/s1. The van der Waals surface area contributed by atoms with Crippen molar-refractivity contribution in [2.75, 3.05) is 0 Å². The summed E-state index contributed by atoms with van der Waals surface area (Å²) in [7, 11) is 0. The van der Waals surface area contributed by atoms with Gasteiger partial charge in [-0.3, -0.25) is 9.59 Å². The molecule has 0 aromatic carbocycles. The van der Waals surface area contributed by atoms with Gasteiger partial charge in [0.25, 0.3) is 5.91 Å². The molecular weight excluding hydrogens is 274 g/mol. The number of carbonyl (C=O) groups is 2. The molecule has 2 amide bonds. The fourth-order valence-electron chi connectivity index (χ4n) is 2.03. The van der Waals surface area contributed by atoms with E-state index >= 15 is 0 Å². The van der Waals surface area contributed by atoms with Gasteiger partial charge >= 0.3 is 0 Å². The highest BCUT2D eigenvalue weighted by Crippen LogP contribution is 2.25. The highest BCUT2D eigenvalue weighted by molar-refractivity contribution is 7.12. The first-order valence-corrected chi connectivity index (χ1v) is 7.12. The SMILES string of the molecule is Cc1ccc(C)n1-c1ccsc1C(=O)N[C@H](C)C(N)=O. The van der Waals surface area contributed by atoms with Gasteiger partial charge in [-0.05, 0) is 44.4 Å². The van der Waals surface area contributed by atoms with Crippen LogP contribution in [0.1, 0.15) is 28.0 Å². The number of hydrogen-bond donors (Lipinski definition) is 2. The summed E-state index contributed by atoms with van der Waals surface area (Å²) in [5.74, 6) is -0.835. The normalized spacial score (nSPS) is 12.2. The summed E-state index contributed by atoms with van der Waals surface area (Å²) in [6, 6.07) is 5.21. The van der Waals surface area contributed by atoms with E-state index in [9.17, 15) is 9.59 Å². The topological polar surface area (TPSA) is 77.1 Å². The van der Waals surface area contributed by atoms with Gasteiger partial charge in [0.15, 0.2) is 0 Å². The van der Waals surface area contributed by atoms with Gasteiger partial charge in [-0.1, -0.05) is 0 Å². The van der Waals surface area contributed by atoms with Crippen LogP contribution in [0.4, 0.5) is 0 Å². The predicted molar refractivity (Wildman–Crippen MR) is 79.2 cm³/mol. The van der Waals surface area contributed by atoms with Crippen LogP contribution in [-0.4, -0.2) is 22.4 Å². The first-order chi connectivity index (χ1) is 9.41. The first-order valence-electron chi connectivity index (χ1n) is 6.24. The Bertz CT molecular complexity index is 638. The minimum Gasteiger partial charge on any atom is -0.368 e. The highest BCUT2D eigenvalue weighted by Gasteiger charge is 2.19. The summed E-state index contributed by atoms with van der Waals surface area (Å²) in [5.41, 5.74) is 8.09. The maximum Gasteiger partial charge on any atom is 0.264 e. The molecule has 0 aliphatic rings. The summed E-state index contributed by atoms with van der Waals surface area (Å²) in [6.07, 6.45) is 0. The van der Waals surface area contributed by atoms with E-state index in [1.54, 1.807) is 6.92 Å². The molecule has 0 unspecified atom stereocenters. The number of thiophene rings is 1. The minimum atomic E-state index is -0.690. The quantitative estimate of drug-likeness (QED) is 0.900. The molecule has 0 saturated heterocycles. The van der Waals surface area contributed by atoms with Crippen molar-refractivity contribution in [1.29, 1.82) is 0 Å². The Morgan fingerprint density at radius 2 is 1.85 bits per heavy atom. The number of rotatable bonds is 4. The molecule has 0 bridgehead atoms. The lowest BCUT2D eigenvalue weighted by Crippen LogP contribution is -2.42. The van der Waals surface area contributed by atoms with E-state index in [0.29, 0.717) is 4.88 Å². The third-order valence-electron chi connectivity index (χ3n) is 3.14. The molecule has 6 heteroatoms. The molecule has 0 radical (unpaired) electrons. The Balaban J connectivity index is 2.34. The number of aromatic nitrogens is 1. The van der Waals surface area contributed by atoms with Crippen LogP contribution in [0.2, 0.25) is 0 Å². The van der Waals surface area contributed by atoms with Crippen molar-refractivity contribution in [1.82, 2.24) is 9.88 Å². The maximum atomic E-state index is 12.2. The fraction of sp³-hybridized carbons (Fsp3) is 0.286. The van der Waals surface area contributed by atoms with Crippen molar-refractivity contribution in [3.05, 3.63) is 39.8 Å². The molecule has 2 aromatic heterocycles. The average Bonchev–Trinajstić information content (AvgIpc) is 2.96. The predicted octanol–water partition coefficient (Wildman–Crippen LogP) is 1.76. The number of primary amides is 1. The number of nitrogens with two attached hydrogens (primary N) is 1. The smallest absolute Gasteiger partial charge is 0.264 e. The molecule has 106 valence electrons. The van der Waals surface area contributed by atoms with Crippen LogP contribution in [0.15, 0.2) is 23.6 Å². The molecule has 0 spiro atoms. The van der Waals surface area contributed by atoms with E-state index in [2.05, 4.69) is 5.32 Å². The third kappa shape index (κ3) is 2.60. The second kappa shape index (κ2) is 5.50. The van der Waals surface area contributed by atoms with Crippen LogP contribution < -0.4 is 11.1 Å². The molecule has 0 aliphatic heterocycles. The van der Waals surface area contributed by atoms with E-state index in [-0.39, 0.29) is 5.91 Å². The van der Waals surface area contributed by atoms with Crippen LogP contribution in [-0.2, 0) is 4.79 Å². The Hall–Kier alpha value is -2.08. The highest BCUT2D eigenvalue weighted by atomic mass is 32.1. The number of hydrogen-bond acceptors (Lipinski definition) is 3. The Morgan fingerprint density at radius 1 is 1.25 bits per heavy atom. The van der Waals surface area contributed by atoms with Crippen molar-refractivity contribution in [2.24, 2.45) is 5.73 Å². The zero-order chi connectivity index (χ0) is 14.9. The lowest BCUT2D eigenvalue weighted by atomic mass is 10.3. The Kier molecular flexibility index (Phi) is 3.94. The van der Waals surface area contributed by atoms with Crippen molar-refractivity contribution >= 4 is 23.2 Å². The summed E-state index contributed by atoms with van der Waals surface area (Å²) in [5, 5.41) is 4.47. The van der Waals surface area contributed by atoms with Crippen molar-refractivity contribution in [3.8, 4) is 5.69 Å². The molecule has 2 rings (SSSR count). The monoisotopic (exact) mass is 291 g/mol. The molecule has 5 nitrogen and oxygen atoms in total. The van der Waals surface area contributed by atoms with E-state index in [1.807, 2.05) is 42.0 Å². The molecule has 0 fully saturated rings. The van der Waals surface area contributed by atoms with Gasteiger partial charge < -0.3 is 15.6 Å². The number of nitrogens with one attached hydrogen (secondary N) is 1. The average molecular weight is 291 g/mol. The zero-order valence-corrected chi connectivity index (χ0v) is 12.5. The van der Waals surface area contributed by atoms with Gasteiger partial charge in [0.05, 0.1) is 5.69 Å². The van der Waals surface area contributed by atoms with Crippen LogP contribution in [0.5, 0.6) is 0 Å². The van der Waals surface area contributed by atoms with E-state index < -0.39 is 11.9 Å². The summed E-state index contributed by atoms with van der Waals surface area (Å²) in [6.45, 7) is 5.54. The molecule has 2 aromatic rings. The van der Waals surface area contributed by atoms with E-state index in [0.717, 1.165) is 17.1 Å². The van der Waals surface area contributed by atoms with Crippen molar-refractivity contribution in [2.45, 2.75) is 26.8 Å². The van der Waals surface area contributed by atoms with Gasteiger partial charge in [0.2, 0.25) is 5.91 Å². The second-order valence-electron chi connectivity index (χ2n) is 4.68. The molecule has 3 N–H and O–H groups in total. The lowest BCUT2D eigenvalue weighted by Gasteiger charge is -2.13. The minimum absolute atomic E-state index is 0.284. The molecule has 0 saturated carbocycles. The van der Waals surface area contributed by atoms with Crippen LogP contribution in [0, 0.1) is 13.8 Å². The molecule has 2 heterocycles. The molecule has 20 heavy (non-hydrogen) atoms. The van der Waals surface area contributed by atoms with E-state index in [4.69, 9.17) is 5.73 Å². The van der Waals surface area contributed by atoms with E-state index in [1.165, 1.54) is 11.3 Å². The van der Waals surface area contributed by atoms with Crippen LogP contribution >= 0.6 is 11.3 Å². The lowest BCUT2D eigenvalue weighted by molar-refractivity contribution is -0.119. The number of nitrogens with zero attached hydrogens (tertiary/aromatic N) is 1. The number of amides is 2. The summed E-state index contributed by atoms with van der Waals surface area (Å²) in [4.78, 5) is 23.8. The van der Waals surface area contributed by atoms with Crippen LogP contribution in [0.25, 0.3) is 5.69 Å². The van der Waals surface area contributed by atoms with Gasteiger partial charge in [-0.15, -0.1) is 11.3 Å². The third-order valence-corrected chi connectivity index (χ3v) is 4.04. The molecule has 0 aliphatic carbocycles. The Morgan fingerprint density at radius 3 is 2.40 bits per heavy atom. The Labute approximate surface area is 121 Å². The fourth-order valence-corrected chi connectivity index (χ4v) is 2.81. The zero-order valence-electron chi connectivity index (χ0n) is 11.6. The van der Waals surface area contributed by atoms with Gasteiger partial charge in [0, 0.05) is 11.4 Å². The second-order valence-corrected chi connectivity index (χ2v) is 5.60.